The van der Waals surface area contributed by atoms with Crippen LogP contribution in [-0.2, 0) is 0 Å². The summed E-state index contributed by atoms with van der Waals surface area (Å²) in [6.45, 7) is 8.31. The Hall–Kier alpha value is -0.840. The summed E-state index contributed by atoms with van der Waals surface area (Å²) < 4.78 is 5.61. The Morgan fingerprint density at radius 2 is 1.95 bits per heavy atom. The second kappa shape index (κ2) is 6.95. The van der Waals surface area contributed by atoms with Crippen LogP contribution in [0.25, 0.3) is 0 Å². The molecule has 4 heteroatoms. The minimum Gasteiger partial charge on any atom is -0.468 e. The van der Waals surface area contributed by atoms with Gasteiger partial charge < -0.3 is 15.1 Å². The van der Waals surface area contributed by atoms with Gasteiger partial charge in [0, 0.05) is 12.6 Å². The molecule has 2 aliphatic heterocycles. The quantitative estimate of drug-likeness (QED) is 0.905. The van der Waals surface area contributed by atoms with Crippen LogP contribution in [0.1, 0.15) is 44.4 Å². The highest BCUT2D eigenvalue weighted by atomic mass is 16.3. The summed E-state index contributed by atoms with van der Waals surface area (Å²) in [7, 11) is 0. The van der Waals surface area contributed by atoms with E-state index in [9.17, 15) is 0 Å². The molecule has 1 aromatic heterocycles. The van der Waals surface area contributed by atoms with Gasteiger partial charge in [0.1, 0.15) is 5.76 Å². The van der Waals surface area contributed by atoms with Crippen LogP contribution in [0.15, 0.2) is 22.8 Å². The van der Waals surface area contributed by atoms with Crippen LogP contribution >= 0.6 is 0 Å². The molecule has 3 rings (SSSR count). The van der Waals surface area contributed by atoms with Crippen molar-refractivity contribution in [1.82, 2.24) is 9.80 Å². The fourth-order valence-electron chi connectivity index (χ4n) is 3.98. The van der Waals surface area contributed by atoms with Crippen molar-refractivity contribution in [3.63, 3.8) is 0 Å². The summed E-state index contributed by atoms with van der Waals surface area (Å²) in [5.74, 6) is 1.88. The number of likely N-dealkylation sites (tertiary alicyclic amines) is 2. The molecule has 118 valence electrons. The summed E-state index contributed by atoms with van der Waals surface area (Å²) >= 11 is 0. The zero-order chi connectivity index (χ0) is 14.7. The van der Waals surface area contributed by atoms with E-state index in [1.165, 1.54) is 45.3 Å². The predicted octanol–water partition coefficient (Wildman–Crippen LogP) is 2.48. The number of piperidine rings is 1. The normalized spacial score (nSPS) is 25.2. The molecule has 0 bridgehead atoms. The summed E-state index contributed by atoms with van der Waals surface area (Å²) in [4.78, 5) is 5.17. The lowest BCUT2D eigenvalue weighted by Crippen LogP contribution is -2.45. The van der Waals surface area contributed by atoms with Gasteiger partial charge in [0.25, 0.3) is 0 Å². The van der Waals surface area contributed by atoms with E-state index in [1.807, 2.05) is 6.07 Å². The van der Waals surface area contributed by atoms with Crippen molar-refractivity contribution < 1.29 is 4.42 Å². The van der Waals surface area contributed by atoms with E-state index in [4.69, 9.17) is 10.2 Å². The predicted molar refractivity (Wildman–Crippen MR) is 85.1 cm³/mol. The van der Waals surface area contributed by atoms with Crippen LogP contribution in [0.5, 0.6) is 0 Å². The Kier molecular flexibility index (Phi) is 4.99. The average molecular weight is 291 g/mol. The lowest BCUT2D eigenvalue weighted by molar-refractivity contribution is 0.0929. The number of rotatable bonds is 5. The Morgan fingerprint density at radius 3 is 2.52 bits per heavy atom. The van der Waals surface area contributed by atoms with Crippen molar-refractivity contribution in [1.29, 1.82) is 0 Å². The molecule has 0 amide bonds. The molecule has 2 fully saturated rings. The van der Waals surface area contributed by atoms with E-state index in [2.05, 4.69) is 22.8 Å². The van der Waals surface area contributed by atoms with Crippen molar-refractivity contribution in [2.75, 3.05) is 32.7 Å². The van der Waals surface area contributed by atoms with Gasteiger partial charge in [-0.2, -0.15) is 0 Å². The van der Waals surface area contributed by atoms with Crippen LogP contribution in [0.3, 0.4) is 0 Å². The third-order valence-corrected chi connectivity index (χ3v) is 5.09. The van der Waals surface area contributed by atoms with Gasteiger partial charge in [-0.1, -0.05) is 0 Å². The van der Waals surface area contributed by atoms with Crippen LogP contribution in [0.2, 0.25) is 0 Å². The Balaban J connectivity index is 1.54. The summed E-state index contributed by atoms with van der Waals surface area (Å²) in [5.41, 5.74) is 6.22. The Morgan fingerprint density at radius 1 is 1.24 bits per heavy atom. The summed E-state index contributed by atoms with van der Waals surface area (Å²) in [6, 6.07) is 4.36. The van der Waals surface area contributed by atoms with Crippen LogP contribution in [-0.4, -0.2) is 48.6 Å². The van der Waals surface area contributed by atoms with Gasteiger partial charge in [-0.25, -0.2) is 0 Å². The van der Waals surface area contributed by atoms with Gasteiger partial charge in [0.15, 0.2) is 0 Å². The maximum absolute atomic E-state index is 6.22. The highest BCUT2D eigenvalue weighted by molar-refractivity contribution is 5.07. The molecular formula is C17H29N3O. The zero-order valence-electron chi connectivity index (χ0n) is 13.2. The molecule has 21 heavy (non-hydrogen) atoms. The Bertz CT molecular complexity index is 404. The van der Waals surface area contributed by atoms with Gasteiger partial charge in [0.05, 0.1) is 12.3 Å². The molecule has 2 N–H and O–H groups in total. The number of nitrogens with zero attached hydrogens (tertiary/aromatic N) is 2. The largest absolute Gasteiger partial charge is 0.468 e. The van der Waals surface area contributed by atoms with Gasteiger partial charge in [-0.3, -0.25) is 4.90 Å². The highest BCUT2D eigenvalue weighted by Crippen LogP contribution is 2.29. The second-order valence-corrected chi connectivity index (χ2v) is 6.81. The molecule has 1 aromatic rings. The SMILES string of the molecule is CC(N)C(c1ccco1)N1CCC(CN2CCCC2)CC1. The molecular weight excluding hydrogens is 262 g/mol. The molecule has 0 saturated carbocycles. The van der Waals surface area contributed by atoms with E-state index in [0.717, 1.165) is 24.8 Å². The van der Waals surface area contributed by atoms with Crippen molar-refractivity contribution in [3.8, 4) is 0 Å². The van der Waals surface area contributed by atoms with E-state index < -0.39 is 0 Å². The van der Waals surface area contributed by atoms with Gasteiger partial charge in [-0.15, -0.1) is 0 Å². The molecule has 2 atom stereocenters. The van der Waals surface area contributed by atoms with Crippen molar-refractivity contribution in [3.05, 3.63) is 24.2 Å². The number of hydrogen-bond acceptors (Lipinski definition) is 4. The summed E-state index contributed by atoms with van der Waals surface area (Å²) in [6.07, 6.45) is 7.12. The lowest BCUT2D eigenvalue weighted by atomic mass is 9.93. The van der Waals surface area contributed by atoms with E-state index in [0.29, 0.717) is 0 Å². The third-order valence-electron chi connectivity index (χ3n) is 5.09. The van der Waals surface area contributed by atoms with Gasteiger partial charge >= 0.3 is 0 Å². The molecule has 2 saturated heterocycles. The monoisotopic (exact) mass is 291 g/mol. The number of nitrogens with two attached hydrogens (primary N) is 1. The molecule has 0 spiro atoms. The fourth-order valence-corrected chi connectivity index (χ4v) is 3.98. The van der Waals surface area contributed by atoms with Crippen LogP contribution < -0.4 is 5.73 Å². The smallest absolute Gasteiger partial charge is 0.122 e. The zero-order valence-corrected chi connectivity index (χ0v) is 13.2. The van der Waals surface area contributed by atoms with Gasteiger partial charge in [0.2, 0.25) is 0 Å². The highest BCUT2D eigenvalue weighted by Gasteiger charge is 2.30. The maximum Gasteiger partial charge on any atom is 0.122 e. The lowest BCUT2D eigenvalue weighted by Gasteiger charge is -2.39. The number of furan rings is 1. The average Bonchev–Trinajstić information content (AvgIpc) is 3.14. The Labute approximate surface area is 128 Å². The van der Waals surface area contributed by atoms with E-state index in [-0.39, 0.29) is 12.1 Å². The second-order valence-electron chi connectivity index (χ2n) is 6.81. The first-order valence-corrected chi connectivity index (χ1v) is 8.49. The summed E-state index contributed by atoms with van der Waals surface area (Å²) in [5, 5.41) is 0. The van der Waals surface area contributed by atoms with E-state index in [1.54, 1.807) is 6.26 Å². The van der Waals surface area contributed by atoms with Crippen LogP contribution in [0, 0.1) is 5.92 Å². The molecule has 3 heterocycles. The minimum atomic E-state index is 0.103. The first-order chi connectivity index (χ1) is 10.2. The topological polar surface area (TPSA) is 45.6 Å². The fraction of sp³-hybridized carbons (Fsp3) is 0.765. The number of hydrogen-bond donors (Lipinski definition) is 1. The molecule has 0 aromatic carbocycles. The van der Waals surface area contributed by atoms with Crippen molar-refractivity contribution in [2.24, 2.45) is 11.7 Å². The van der Waals surface area contributed by atoms with Crippen LogP contribution in [0.4, 0.5) is 0 Å². The maximum atomic E-state index is 6.22. The third kappa shape index (κ3) is 3.68. The first kappa shape index (κ1) is 15.1. The molecule has 0 radical (unpaired) electrons. The molecule has 0 aliphatic carbocycles. The van der Waals surface area contributed by atoms with Gasteiger partial charge in [-0.05, 0) is 76.8 Å². The molecule has 4 nitrogen and oxygen atoms in total. The van der Waals surface area contributed by atoms with Crippen molar-refractivity contribution in [2.45, 2.75) is 44.7 Å². The van der Waals surface area contributed by atoms with E-state index >= 15 is 0 Å². The first-order valence-electron chi connectivity index (χ1n) is 8.49. The minimum absolute atomic E-state index is 0.103. The van der Waals surface area contributed by atoms with Crippen molar-refractivity contribution >= 4 is 0 Å². The standard InChI is InChI=1S/C17H29N3O/c1-14(18)17(16-5-4-12-21-16)20-10-6-15(7-11-20)13-19-8-2-3-9-19/h4-5,12,14-15,17H,2-3,6-11,13,18H2,1H3. The molecule has 2 aliphatic rings. The molecule has 2 unspecified atom stereocenters.